The van der Waals surface area contributed by atoms with Gasteiger partial charge in [0.15, 0.2) is 0 Å². The number of rotatable bonds is 5. The van der Waals surface area contributed by atoms with Crippen molar-refractivity contribution in [3.05, 3.63) is 29.8 Å². The first-order chi connectivity index (χ1) is 9.06. The number of carboxylic acids is 1. The lowest BCUT2D eigenvalue weighted by atomic mass is 9.90. The van der Waals surface area contributed by atoms with Crippen molar-refractivity contribution in [1.29, 1.82) is 0 Å². The summed E-state index contributed by atoms with van der Waals surface area (Å²) in [6, 6.07) is 7.55. The van der Waals surface area contributed by atoms with Gasteiger partial charge in [-0.2, -0.15) is 0 Å². The van der Waals surface area contributed by atoms with Crippen molar-refractivity contribution in [3.8, 4) is 5.75 Å². The van der Waals surface area contributed by atoms with E-state index in [1.807, 2.05) is 18.2 Å². The first-order valence-electron chi connectivity index (χ1n) is 6.72. The van der Waals surface area contributed by atoms with Gasteiger partial charge in [0.2, 0.25) is 0 Å². The zero-order valence-electron chi connectivity index (χ0n) is 11.5. The summed E-state index contributed by atoms with van der Waals surface area (Å²) in [6.45, 7) is 1.72. The highest BCUT2D eigenvalue weighted by Crippen LogP contribution is 2.28. The van der Waals surface area contributed by atoms with Crippen molar-refractivity contribution < 1.29 is 14.6 Å². The lowest BCUT2D eigenvalue weighted by Gasteiger charge is -2.30. The largest absolute Gasteiger partial charge is 0.497 e. The second-order valence-electron chi connectivity index (χ2n) is 5.29. The zero-order chi connectivity index (χ0) is 13.9. The van der Waals surface area contributed by atoms with Crippen LogP contribution in [0.1, 0.15) is 38.2 Å². The minimum absolute atomic E-state index is 0.285. The molecule has 2 rings (SSSR count). The lowest BCUT2D eigenvalue weighted by Crippen LogP contribution is -2.50. The van der Waals surface area contributed by atoms with Crippen LogP contribution in [-0.2, 0) is 10.3 Å². The third kappa shape index (κ3) is 2.89. The Hall–Kier alpha value is -1.55. The maximum absolute atomic E-state index is 11.7. The fourth-order valence-corrected chi connectivity index (χ4v) is 2.68. The van der Waals surface area contributed by atoms with Gasteiger partial charge in [0.05, 0.1) is 7.11 Å². The molecule has 4 nitrogen and oxygen atoms in total. The summed E-state index contributed by atoms with van der Waals surface area (Å²) in [5.41, 5.74) is -0.338. The van der Waals surface area contributed by atoms with E-state index in [0.29, 0.717) is 5.75 Å². The summed E-state index contributed by atoms with van der Waals surface area (Å²) in [6.07, 6.45) is 4.44. The van der Waals surface area contributed by atoms with E-state index < -0.39 is 11.5 Å². The first-order valence-corrected chi connectivity index (χ1v) is 6.72. The molecule has 1 aliphatic carbocycles. The number of carboxylic acid groups (broad SMARTS) is 1. The van der Waals surface area contributed by atoms with Crippen molar-refractivity contribution in [2.45, 2.75) is 44.2 Å². The monoisotopic (exact) mass is 263 g/mol. The molecule has 4 heteroatoms. The second kappa shape index (κ2) is 5.61. The molecule has 0 aliphatic heterocycles. The smallest absolute Gasteiger partial charge is 0.328 e. The predicted octanol–water partition coefficient (Wildman–Crippen LogP) is 2.53. The van der Waals surface area contributed by atoms with Crippen LogP contribution in [0.2, 0.25) is 0 Å². The SMILES string of the molecule is COc1cccc(C(C)(NC2CCCC2)C(=O)O)c1. The standard InChI is InChI=1S/C15H21NO3/c1-15(14(17)18,16-12-7-3-4-8-12)11-6-5-9-13(10-11)19-2/h5-6,9-10,12,16H,3-4,7-8H2,1-2H3,(H,17,18). The molecule has 104 valence electrons. The molecule has 2 N–H and O–H groups in total. The molecule has 0 spiro atoms. The molecule has 1 aliphatic rings. The van der Waals surface area contributed by atoms with Gasteiger partial charge in [-0.1, -0.05) is 25.0 Å². The maximum Gasteiger partial charge on any atom is 0.328 e. The van der Waals surface area contributed by atoms with Crippen molar-refractivity contribution >= 4 is 5.97 Å². The van der Waals surface area contributed by atoms with Crippen molar-refractivity contribution in [3.63, 3.8) is 0 Å². The molecule has 0 amide bonds. The van der Waals surface area contributed by atoms with E-state index >= 15 is 0 Å². The highest BCUT2D eigenvalue weighted by Gasteiger charge is 2.37. The Labute approximate surface area is 113 Å². The van der Waals surface area contributed by atoms with Gasteiger partial charge in [0.25, 0.3) is 0 Å². The Morgan fingerprint density at radius 1 is 1.42 bits per heavy atom. The summed E-state index contributed by atoms with van der Waals surface area (Å²) < 4.78 is 5.18. The molecule has 1 saturated carbocycles. The molecule has 1 aromatic carbocycles. The highest BCUT2D eigenvalue weighted by molar-refractivity contribution is 5.80. The molecule has 1 aromatic rings. The average molecular weight is 263 g/mol. The Bertz CT molecular complexity index is 454. The summed E-state index contributed by atoms with van der Waals surface area (Å²) >= 11 is 0. The van der Waals surface area contributed by atoms with E-state index in [1.165, 1.54) is 12.8 Å². The van der Waals surface area contributed by atoms with E-state index in [0.717, 1.165) is 18.4 Å². The molecule has 0 bridgehead atoms. The van der Waals surface area contributed by atoms with Crippen LogP contribution in [-0.4, -0.2) is 24.2 Å². The summed E-state index contributed by atoms with van der Waals surface area (Å²) in [5.74, 6) is -0.175. The third-order valence-corrected chi connectivity index (χ3v) is 3.92. The molecule has 0 radical (unpaired) electrons. The number of benzene rings is 1. The summed E-state index contributed by atoms with van der Waals surface area (Å²) in [5, 5.41) is 12.9. The Kier molecular flexibility index (Phi) is 4.10. The normalized spacial score (nSPS) is 19.1. The van der Waals surface area contributed by atoms with Crippen LogP contribution in [0.3, 0.4) is 0 Å². The molecule has 1 unspecified atom stereocenters. The van der Waals surface area contributed by atoms with Gasteiger partial charge < -0.3 is 9.84 Å². The number of hydrogen-bond donors (Lipinski definition) is 2. The molecule has 0 saturated heterocycles. The van der Waals surface area contributed by atoms with Gasteiger partial charge in [0, 0.05) is 6.04 Å². The van der Waals surface area contributed by atoms with Crippen molar-refractivity contribution in [2.75, 3.05) is 7.11 Å². The molecule has 0 heterocycles. The molecule has 0 aromatic heterocycles. The molecular formula is C15H21NO3. The van der Waals surface area contributed by atoms with E-state index in [9.17, 15) is 9.90 Å². The van der Waals surface area contributed by atoms with E-state index in [1.54, 1.807) is 20.1 Å². The fraction of sp³-hybridized carbons (Fsp3) is 0.533. The Balaban J connectivity index is 2.28. The number of hydrogen-bond acceptors (Lipinski definition) is 3. The molecular weight excluding hydrogens is 242 g/mol. The number of aliphatic carboxylic acids is 1. The number of methoxy groups -OCH3 is 1. The van der Waals surface area contributed by atoms with Gasteiger partial charge in [-0.05, 0) is 37.5 Å². The van der Waals surface area contributed by atoms with Crippen LogP contribution in [0.4, 0.5) is 0 Å². The number of nitrogens with one attached hydrogen (secondary N) is 1. The van der Waals surface area contributed by atoms with Crippen LogP contribution in [0.15, 0.2) is 24.3 Å². The fourth-order valence-electron chi connectivity index (χ4n) is 2.68. The van der Waals surface area contributed by atoms with Crippen molar-refractivity contribution in [1.82, 2.24) is 5.32 Å². The van der Waals surface area contributed by atoms with Crippen LogP contribution in [0.5, 0.6) is 5.75 Å². The van der Waals surface area contributed by atoms with E-state index in [4.69, 9.17) is 4.74 Å². The maximum atomic E-state index is 11.7. The van der Waals surface area contributed by atoms with Gasteiger partial charge in [-0.25, -0.2) is 4.79 Å². The summed E-state index contributed by atoms with van der Waals surface area (Å²) in [7, 11) is 1.58. The topological polar surface area (TPSA) is 58.6 Å². The van der Waals surface area contributed by atoms with Gasteiger partial charge in [0.1, 0.15) is 11.3 Å². The third-order valence-electron chi connectivity index (χ3n) is 3.92. The minimum Gasteiger partial charge on any atom is -0.497 e. The first kappa shape index (κ1) is 13.9. The molecule has 1 fully saturated rings. The number of carbonyl (C=O) groups is 1. The van der Waals surface area contributed by atoms with Crippen LogP contribution < -0.4 is 10.1 Å². The quantitative estimate of drug-likeness (QED) is 0.857. The van der Waals surface area contributed by atoms with Gasteiger partial charge in [-0.15, -0.1) is 0 Å². The Morgan fingerprint density at radius 3 is 2.68 bits per heavy atom. The lowest BCUT2D eigenvalue weighted by molar-refractivity contribution is -0.145. The highest BCUT2D eigenvalue weighted by atomic mass is 16.5. The van der Waals surface area contributed by atoms with Crippen LogP contribution in [0, 0.1) is 0 Å². The number of ether oxygens (including phenoxy) is 1. The zero-order valence-corrected chi connectivity index (χ0v) is 11.5. The van der Waals surface area contributed by atoms with E-state index in [-0.39, 0.29) is 6.04 Å². The summed E-state index contributed by atoms with van der Waals surface area (Å²) in [4.78, 5) is 11.7. The van der Waals surface area contributed by atoms with E-state index in [2.05, 4.69) is 5.32 Å². The Morgan fingerprint density at radius 2 is 2.11 bits per heavy atom. The average Bonchev–Trinajstić information content (AvgIpc) is 2.91. The molecule has 1 atom stereocenters. The minimum atomic E-state index is -1.07. The van der Waals surface area contributed by atoms with Crippen LogP contribution in [0.25, 0.3) is 0 Å². The van der Waals surface area contributed by atoms with Gasteiger partial charge >= 0.3 is 5.97 Å². The van der Waals surface area contributed by atoms with Gasteiger partial charge in [-0.3, -0.25) is 5.32 Å². The second-order valence-corrected chi connectivity index (χ2v) is 5.29. The predicted molar refractivity (Wildman–Crippen MR) is 73.4 cm³/mol. The van der Waals surface area contributed by atoms with Crippen LogP contribution >= 0.6 is 0 Å². The van der Waals surface area contributed by atoms with Crippen molar-refractivity contribution in [2.24, 2.45) is 0 Å². The molecule has 19 heavy (non-hydrogen) atoms.